The number of anilines is 2. The molecule has 3 rings (SSSR count). The molecule has 0 amide bonds. The van der Waals surface area contributed by atoms with Crippen LogP contribution >= 0.6 is 0 Å². The van der Waals surface area contributed by atoms with Crippen LogP contribution in [0.4, 0.5) is 11.4 Å². The van der Waals surface area contributed by atoms with Crippen molar-refractivity contribution in [2.24, 2.45) is 5.10 Å². The predicted molar refractivity (Wildman–Crippen MR) is 74.0 cm³/mol. The van der Waals surface area contributed by atoms with E-state index < -0.39 is 0 Å². The van der Waals surface area contributed by atoms with Gasteiger partial charge in [0.2, 0.25) is 5.84 Å². The van der Waals surface area contributed by atoms with E-state index in [1.54, 1.807) is 10.1 Å². The Morgan fingerprint density at radius 3 is 2.05 bits per heavy atom. The lowest BCUT2D eigenvalue weighted by atomic mass is 10.3. The zero-order valence-electron chi connectivity index (χ0n) is 10.1. The summed E-state index contributed by atoms with van der Waals surface area (Å²) in [7, 11) is 0. The number of hydrogen-bond acceptors (Lipinski definition) is 5. The molecule has 19 heavy (non-hydrogen) atoms. The van der Waals surface area contributed by atoms with Crippen molar-refractivity contribution in [1.29, 1.82) is 5.26 Å². The number of nitriles is 1. The third kappa shape index (κ3) is 2.12. The zero-order valence-corrected chi connectivity index (χ0v) is 10.1. The van der Waals surface area contributed by atoms with Gasteiger partial charge in [0.15, 0.2) is 0 Å². The van der Waals surface area contributed by atoms with Crippen molar-refractivity contribution in [3.8, 4) is 6.07 Å². The quantitative estimate of drug-likeness (QED) is 0.887. The molecule has 1 N–H and O–H groups in total. The van der Waals surface area contributed by atoms with Crippen LogP contribution in [0.5, 0.6) is 0 Å². The van der Waals surface area contributed by atoms with E-state index in [1.807, 2.05) is 60.7 Å². The maximum Gasteiger partial charge on any atom is 0.249 e. The maximum absolute atomic E-state index is 9.17. The fourth-order valence-electron chi connectivity index (χ4n) is 1.82. The van der Waals surface area contributed by atoms with Gasteiger partial charge in [0.05, 0.1) is 11.4 Å². The number of benzene rings is 2. The Hall–Kier alpha value is -2.84. The van der Waals surface area contributed by atoms with Crippen molar-refractivity contribution < 1.29 is 0 Å². The van der Waals surface area contributed by atoms with Gasteiger partial charge in [0, 0.05) is 0 Å². The second kappa shape index (κ2) is 4.80. The highest BCUT2D eigenvalue weighted by atomic mass is 15.9. The first-order valence-electron chi connectivity index (χ1n) is 5.84. The van der Waals surface area contributed by atoms with Crippen LogP contribution in [-0.4, -0.2) is 5.84 Å². The number of hydrazone groups is 1. The van der Waals surface area contributed by atoms with Crippen molar-refractivity contribution in [2.45, 2.75) is 0 Å². The number of rotatable bonds is 2. The van der Waals surface area contributed by atoms with Crippen molar-refractivity contribution in [1.82, 2.24) is 5.53 Å². The van der Waals surface area contributed by atoms with Gasteiger partial charge >= 0.3 is 0 Å². The summed E-state index contributed by atoms with van der Waals surface area (Å²) >= 11 is 0. The number of nitrogens with zero attached hydrogens (tertiary/aromatic N) is 4. The first-order chi connectivity index (χ1) is 9.38. The molecule has 0 saturated carbocycles. The van der Waals surface area contributed by atoms with E-state index >= 15 is 0 Å². The molecule has 92 valence electrons. The molecule has 5 nitrogen and oxygen atoms in total. The standard InChI is InChI=1S/C14H11N5/c15-11-14-16-19(13-9-5-2-6-10-13)17-18(14)12-7-3-1-4-8-12/h1-10,17H. The summed E-state index contributed by atoms with van der Waals surface area (Å²) in [6, 6.07) is 21.3. The lowest BCUT2D eigenvalue weighted by Gasteiger charge is -2.20. The molecule has 0 fully saturated rings. The smallest absolute Gasteiger partial charge is 0.229 e. The second-order valence-corrected chi connectivity index (χ2v) is 3.95. The molecule has 0 unspecified atom stereocenters. The minimum atomic E-state index is 0.301. The van der Waals surface area contributed by atoms with E-state index in [0.29, 0.717) is 5.84 Å². The summed E-state index contributed by atoms with van der Waals surface area (Å²) in [5, 5.41) is 16.6. The minimum absolute atomic E-state index is 0.301. The van der Waals surface area contributed by atoms with E-state index in [1.165, 1.54) is 0 Å². The molecule has 0 radical (unpaired) electrons. The van der Waals surface area contributed by atoms with Crippen molar-refractivity contribution in [2.75, 3.05) is 10.1 Å². The fourth-order valence-corrected chi connectivity index (χ4v) is 1.82. The molecule has 2 aromatic carbocycles. The topological polar surface area (TPSA) is 54.7 Å². The van der Waals surface area contributed by atoms with Gasteiger partial charge in [-0.2, -0.15) is 10.4 Å². The SMILES string of the molecule is N#CC1=NN(c2ccccc2)NN1c1ccccc1. The van der Waals surface area contributed by atoms with Crippen LogP contribution in [0.2, 0.25) is 0 Å². The highest BCUT2D eigenvalue weighted by Crippen LogP contribution is 2.20. The Morgan fingerprint density at radius 2 is 1.47 bits per heavy atom. The molecule has 0 spiro atoms. The second-order valence-electron chi connectivity index (χ2n) is 3.95. The summed E-state index contributed by atoms with van der Waals surface area (Å²) in [5.74, 6) is 0.301. The molecule has 1 aliphatic rings. The Balaban J connectivity index is 1.91. The summed E-state index contributed by atoms with van der Waals surface area (Å²) in [4.78, 5) is 0. The van der Waals surface area contributed by atoms with Crippen LogP contribution in [-0.2, 0) is 0 Å². The van der Waals surface area contributed by atoms with Crippen LogP contribution in [0.25, 0.3) is 0 Å². The number of hydrogen-bond donors (Lipinski definition) is 1. The van der Waals surface area contributed by atoms with E-state index in [0.717, 1.165) is 11.4 Å². The highest BCUT2D eigenvalue weighted by Gasteiger charge is 2.24. The van der Waals surface area contributed by atoms with Crippen molar-refractivity contribution in [3.05, 3.63) is 60.7 Å². The number of amidine groups is 1. The molecule has 0 saturated heterocycles. The number of nitrogens with one attached hydrogen (secondary N) is 1. The molecule has 1 aliphatic heterocycles. The van der Waals surface area contributed by atoms with Gasteiger partial charge in [-0.15, -0.1) is 10.6 Å². The van der Waals surface area contributed by atoms with E-state index in [4.69, 9.17) is 0 Å². The highest BCUT2D eigenvalue weighted by molar-refractivity contribution is 6.09. The first-order valence-corrected chi connectivity index (χ1v) is 5.84. The van der Waals surface area contributed by atoms with Gasteiger partial charge in [-0.05, 0) is 24.3 Å². The Labute approximate surface area is 110 Å². The normalized spacial score (nSPS) is 14.2. The van der Waals surface area contributed by atoms with Crippen molar-refractivity contribution >= 4 is 17.2 Å². The van der Waals surface area contributed by atoms with Crippen LogP contribution in [0, 0.1) is 11.3 Å². The summed E-state index contributed by atoms with van der Waals surface area (Å²) in [6.45, 7) is 0. The van der Waals surface area contributed by atoms with Gasteiger partial charge in [-0.25, -0.2) is 5.01 Å². The molecular weight excluding hydrogens is 238 g/mol. The van der Waals surface area contributed by atoms with Crippen LogP contribution < -0.4 is 15.7 Å². The predicted octanol–water partition coefficient (Wildman–Crippen LogP) is 2.27. The Morgan fingerprint density at radius 1 is 0.895 bits per heavy atom. The minimum Gasteiger partial charge on any atom is -0.229 e. The van der Waals surface area contributed by atoms with E-state index in [-0.39, 0.29) is 0 Å². The molecule has 1 heterocycles. The average molecular weight is 249 g/mol. The molecule has 0 aliphatic carbocycles. The average Bonchev–Trinajstić information content (AvgIpc) is 2.93. The Bertz CT molecular complexity index is 630. The summed E-state index contributed by atoms with van der Waals surface area (Å²) < 4.78 is 0. The molecule has 2 aromatic rings. The third-order valence-electron chi connectivity index (χ3n) is 2.72. The van der Waals surface area contributed by atoms with Gasteiger partial charge < -0.3 is 0 Å². The molecular formula is C14H11N5. The van der Waals surface area contributed by atoms with E-state index in [2.05, 4.69) is 16.7 Å². The zero-order chi connectivity index (χ0) is 13.1. The Kier molecular flexibility index (Phi) is 2.85. The van der Waals surface area contributed by atoms with Gasteiger partial charge in [0.1, 0.15) is 6.07 Å². The number of para-hydroxylation sites is 2. The first kappa shape index (κ1) is 11.3. The molecule has 5 heteroatoms. The summed E-state index contributed by atoms with van der Waals surface area (Å²) in [5.41, 5.74) is 4.80. The van der Waals surface area contributed by atoms with Crippen LogP contribution in [0.15, 0.2) is 65.8 Å². The van der Waals surface area contributed by atoms with Gasteiger partial charge in [0.25, 0.3) is 0 Å². The monoisotopic (exact) mass is 249 g/mol. The molecule has 0 bridgehead atoms. The van der Waals surface area contributed by atoms with Crippen LogP contribution in [0.1, 0.15) is 0 Å². The lowest BCUT2D eigenvalue weighted by Crippen LogP contribution is -2.43. The van der Waals surface area contributed by atoms with Crippen molar-refractivity contribution in [3.63, 3.8) is 0 Å². The largest absolute Gasteiger partial charge is 0.249 e. The van der Waals surface area contributed by atoms with Crippen LogP contribution in [0.3, 0.4) is 0 Å². The summed E-state index contributed by atoms with van der Waals surface area (Å²) in [6.07, 6.45) is 0. The fraction of sp³-hybridized carbons (Fsp3) is 0. The van der Waals surface area contributed by atoms with Gasteiger partial charge in [-0.1, -0.05) is 36.4 Å². The third-order valence-corrected chi connectivity index (χ3v) is 2.72. The number of hydrazine groups is 2. The molecule has 0 aromatic heterocycles. The maximum atomic E-state index is 9.17. The molecule has 0 atom stereocenters. The van der Waals surface area contributed by atoms with E-state index in [9.17, 15) is 5.26 Å². The lowest BCUT2D eigenvalue weighted by molar-refractivity contribution is 0.719. The van der Waals surface area contributed by atoms with Gasteiger partial charge in [-0.3, -0.25) is 0 Å².